The van der Waals surface area contributed by atoms with Crippen molar-refractivity contribution < 1.29 is 24.0 Å². The molecule has 8 nitrogen and oxygen atoms in total. The number of nitrogens with one attached hydrogen (secondary N) is 1. The molecule has 2 aromatic rings. The van der Waals surface area contributed by atoms with Gasteiger partial charge in [-0.1, -0.05) is 11.6 Å². The number of ether oxygens (including phenoxy) is 2. The molecule has 0 aliphatic carbocycles. The van der Waals surface area contributed by atoms with Crippen molar-refractivity contribution in [1.82, 2.24) is 0 Å². The third kappa shape index (κ3) is 5.77. The van der Waals surface area contributed by atoms with E-state index in [1.54, 1.807) is 0 Å². The van der Waals surface area contributed by atoms with Gasteiger partial charge >= 0.3 is 5.97 Å². The van der Waals surface area contributed by atoms with E-state index < -0.39 is 16.8 Å². The van der Waals surface area contributed by atoms with Gasteiger partial charge in [-0.25, -0.2) is 4.79 Å². The first-order chi connectivity index (χ1) is 12.9. The summed E-state index contributed by atoms with van der Waals surface area (Å²) in [4.78, 5) is 34.3. The molecule has 0 bridgehead atoms. The topological polar surface area (TPSA) is 108 Å². The Morgan fingerprint density at radius 2 is 1.78 bits per heavy atom. The van der Waals surface area contributed by atoms with Crippen LogP contribution < -0.4 is 5.32 Å². The van der Waals surface area contributed by atoms with Crippen LogP contribution in [0.5, 0.6) is 0 Å². The zero-order chi connectivity index (χ0) is 19.8. The van der Waals surface area contributed by atoms with Gasteiger partial charge in [-0.05, 0) is 43.3 Å². The van der Waals surface area contributed by atoms with Crippen molar-refractivity contribution >= 4 is 34.9 Å². The number of nitro benzene ring substituents is 1. The predicted octanol–water partition coefficient (Wildman–Crippen LogP) is 3.69. The van der Waals surface area contributed by atoms with Gasteiger partial charge in [0.2, 0.25) is 0 Å². The maximum atomic E-state index is 12.2. The van der Waals surface area contributed by atoms with E-state index >= 15 is 0 Å². The van der Waals surface area contributed by atoms with Crippen LogP contribution in [0, 0.1) is 10.1 Å². The highest BCUT2D eigenvalue weighted by molar-refractivity contribution is 6.32. The largest absolute Gasteiger partial charge is 0.460 e. The average molecular weight is 393 g/mol. The van der Waals surface area contributed by atoms with E-state index in [0.29, 0.717) is 24.5 Å². The molecular weight excluding hydrogens is 376 g/mol. The highest BCUT2D eigenvalue weighted by Gasteiger charge is 2.16. The Morgan fingerprint density at radius 3 is 2.41 bits per heavy atom. The van der Waals surface area contributed by atoms with E-state index in [9.17, 15) is 19.7 Å². The summed E-state index contributed by atoms with van der Waals surface area (Å²) in [6.07, 6.45) is 0. The van der Waals surface area contributed by atoms with Crippen LogP contribution in [0.2, 0.25) is 5.02 Å². The second-order valence-corrected chi connectivity index (χ2v) is 5.69. The van der Waals surface area contributed by atoms with E-state index in [0.717, 1.165) is 6.07 Å². The SMILES string of the molecule is CCOCCOC(=O)c1ccc(NC(=O)c2ccc(Cl)c([N+](=O)[O-])c2)cc1. The number of hydrogen-bond donors (Lipinski definition) is 1. The van der Waals surface area contributed by atoms with Crippen molar-refractivity contribution in [1.29, 1.82) is 0 Å². The number of halogens is 1. The van der Waals surface area contributed by atoms with E-state index in [2.05, 4.69) is 5.32 Å². The van der Waals surface area contributed by atoms with Crippen LogP contribution in [-0.2, 0) is 9.47 Å². The van der Waals surface area contributed by atoms with Gasteiger partial charge in [0.1, 0.15) is 11.6 Å². The lowest BCUT2D eigenvalue weighted by Crippen LogP contribution is -2.13. The zero-order valence-corrected chi connectivity index (χ0v) is 15.2. The quantitative estimate of drug-likeness (QED) is 0.317. The van der Waals surface area contributed by atoms with Crippen LogP contribution in [0.25, 0.3) is 0 Å². The van der Waals surface area contributed by atoms with Crippen LogP contribution >= 0.6 is 11.6 Å². The first-order valence-electron chi connectivity index (χ1n) is 8.02. The van der Waals surface area contributed by atoms with Crippen LogP contribution in [-0.4, -0.2) is 36.6 Å². The summed E-state index contributed by atoms with van der Waals surface area (Å²) in [5, 5.41) is 13.4. The fourth-order valence-electron chi connectivity index (χ4n) is 2.11. The molecule has 0 saturated carbocycles. The summed E-state index contributed by atoms with van der Waals surface area (Å²) in [7, 11) is 0. The summed E-state index contributed by atoms with van der Waals surface area (Å²) in [6.45, 7) is 2.86. The number of carbonyl (C=O) groups excluding carboxylic acids is 2. The Hall–Kier alpha value is -2.97. The Labute approximate surface area is 160 Å². The number of benzene rings is 2. The molecule has 0 heterocycles. The lowest BCUT2D eigenvalue weighted by Gasteiger charge is -2.08. The number of amides is 1. The molecule has 0 fully saturated rings. The Bertz CT molecular complexity index is 838. The normalized spacial score (nSPS) is 10.3. The van der Waals surface area contributed by atoms with E-state index in [1.165, 1.54) is 36.4 Å². The Morgan fingerprint density at radius 1 is 1.11 bits per heavy atom. The number of anilines is 1. The third-order valence-electron chi connectivity index (χ3n) is 3.45. The lowest BCUT2D eigenvalue weighted by molar-refractivity contribution is -0.384. The number of nitro groups is 1. The number of rotatable bonds is 8. The maximum absolute atomic E-state index is 12.2. The molecule has 27 heavy (non-hydrogen) atoms. The molecule has 142 valence electrons. The van der Waals surface area contributed by atoms with Crippen molar-refractivity contribution in [2.45, 2.75) is 6.92 Å². The Kier molecular flexibility index (Phi) is 7.27. The fourth-order valence-corrected chi connectivity index (χ4v) is 2.29. The van der Waals surface area contributed by atoms with Gasteiger partial charge in [-0.15, -0.1) is 0 Å². The summed E-state index contributed by atoms with van der Waals surface area (Å²) >= 11 is 5.73. The third-order valence-corrected chi connectivity index (χ3v) is 3.77. The number of esters is 1. The van der Waals surface area contributed by atoms with Crippen molar-refractivity contribution in [3.63, 3.8) is 0 Å². The summed E-state index contributed by atoms with van der Waals surface area (Å²) in [6, 6.07) is 9.83. The lowest BCUT2D eigenvalue weighted by atomic mass is 10.1. The van der Waals surface area contributed by atoms with Crippen molar-refractivity contribution in [3.8, 4) is 0 Å². The minimum Gasteiger partial charge on any atom is -0.460 e. The summed E-state index contributed by atoms with van der Waals surface area (Å²) in [5.74, 6) is -1.04. The van der Waals surface area contributed by atoms with E-state index in [1.807, 2.05) is 6.92 Å². The molecule has 0 aliphatic rings. The van der Waals surface area contributed by atoms with Crippen molar-refractivity contribution in [2.75, 3.05) is 25.1 Å². The average Bonchev–Trinajstić information content (AvgIpc) is 2.65. The van der Waals surface area contributed by atoms with E-state index in [-0.39, 0.29) is 22.9 Å². The van der Waals surface area contributed by atoms with Crippen LogP contribution in [0.15, 0.2) is 42.5 Å². The minimum absolute atomic E-state index is 0.0521. The minimum atomic E-state index is -0.662. The molecule has 0 saturated heterocycles. The second-order valence-electron chi connectivity index (χ2n) is 5.29. The number of hydrogen-bond acceptors (Lipinski definition) is 6. The molecule has 2 rings (SSSR count). The van der Waals surface area contributed by atoms with Crippen LogP contribution in [0.1, 0.15) is 27.6 Å². The maximum Gasteiger partial charge on any atom is 0.338 e. The van der Waals surface area contributed by atoms with Crippen LogP contribution in [0.4, 0.5) is 11.4 Å². The van der Waals surface area contributed by atoms with Gasteiger partial charge in [0.05, 0.1) is 17.1 Å². The Balaban J connectivity index is 2.00. The monoisotopic (exact) mass is 392 g/mol. The molecule has 0 radical (unpaired) electrons. The number of nitrogens with zero attached hydrogens (tertiary/aromatic N) is 1. The van der Waals surface area contributed by atoms with Crippen molar-refractivity contribution in [2.24, 2.45) is 0 Å². The van der Waals surface area contributed by atoms with Gasteiger partial charge in [0.25, 0.3) is 11.6 Å². The predicted molar refractivity (Wildman–Crippen MR) is 99.3 cm³/mol. The number of carbonyl (C=O) groups is 2. The molecular formula is C18H17ClN2O6. The molecule has 2 aromatic carbocycles. The molecule has 0 aliphatic heterocycles. The van der Waals surface area contributed by atoms with Gasteiger partial charge in [0.15, 0.2) is 0 Å². The first kappa shape index (κ1) is 20.3. The smallest absolute Gasteiger partial charge is 0.338 e. The standard InChI is InChI=1S/C18H17ClN2O6/c1-2-26-9-10-27-18(23)12-3-6-14(7-4-12)20-17(22)13-5-8-15(19)16(11-13)21(24)25/h3-8,11H,2,9-10H2,1H3,(H,20,22). The molecule has 0 unspecified atom stereocenters. The fraction of sp³-hybridized carbons (Fsp3) is 0.222. The molecule has 1 amide bonds. The zero-order valence-electron chi connectivity index (χ0n) is 14.4. The first-order valence-corrected chi connectivity index (χ1v) is 8.40. The highest BCUT2D eigenvalue weighted by atomic mass is 35.5. The van der Waals surface area contributed by atoms with Crippen molar-refractivity contribution in [3.05, 3.63) is 68.7 Å². The van der Waals surface area contributed by atoms with Gasteiger partial charge in [-0.2, -0.15) is 0 Å². The summed E-state index contributed by atoms with van der Waals surface area (Å²) in [5.41, 5.74) is 0.482. The van der Waals surface area contributed by atoms with Gasteiger partial charge in [-0.3, -0.25) is 14.9 Å². The molecule has 0 spiro atoms. The van der Waals surface area contributed by atoms with Gasteiger partial charge < -0.3 is 14.8 Å². The van der Waals surface area contributed by atoms with Crippen LogP contribution in [0.3, 0.4) is 0 Å². The molecule has 0 aromatic heterocycles. The van der Waals surface area contributed by atoms with Gasteiger partial charge in [0, 0.05) is 23.9 Å². The highest BCUT2D eigenvalue weighted by Crippen LogP contribution is 2.25. The van der Waals surface area contributed by atoms with E-state index in [4.69, 9.17) is 21.1 Å². The molecule has 0 atom stereocenters. The second kappa shape index (κ2) is 9.65. The molecule has 1 N–H and O–H groups in total. The summed E-state index contributed by atoms with van der Waals surface area (Å²) < 4.78 is 10.1. The molecule has 9 heteroatoms.